The summed E-state index contributed by atoms with van der Waals surface area (Å²) < 4.78 is 16.7. The van der Waals surface area contributed by atoms with Crippen LogP contribution < -0.4 is 10.1 Å². The molecule has 0 aliphatic carbocycles. The SMILES string of the molecule is CC(C)(C)OC(=O)CNc1ccc(OCc2ccccc2)cc1C(=O)OCc1ccccc1. The summed E-state index contributed by atoms with van der Waals surface area (Å²) >= 11 is 0. The summed E-state index contributed by atoms with van der Waals surface area (Å²) in [5.41, 5.74) is 2.04. The minimum Gasteiger partial charge on any atom is -0.489 e. The van der Waals surface area contributed by atoms with Crippen LogP contribution >= 0.6 is 0 Å². The Morgan fingerprint density at radius 1 is 0.818 bits per heavy atom. The van der Waals surface area contributed by atoms with Gasteiger partial charge < -0.3 is 19.5 Å². The van der Waals surface area contributed by atoms with E-state index in [1.54, 1.807) is 39.0 Å². The monoisotopic (exact) mass is 447 g/mol. The van der Waals surface area contributed by atoms with E-state index in [9.17, 15) is 9.59 Å². The second-order valence-electron chi connectivity index (χ2n) is 8.48. The molecule has 0 amide bonds. The highest BCUT2D eigenvalue weighted by molar-refractivity contribution is 5.96. The number of benzene rings is 3. The van der Waals surface area contributed by atoms with Crippen LogP contribution in [0.15, 0.2) is 78.9 Å². The predicted molar refractivity (Wildman–Crippen MR) is 127 cm³/mol. The third-order valence-electron chi connectivity index (χ3n) is 4.52. The number of nitrogens with one attached hydrogen (secondary N) is 1. The normalized spacial score (nSPS) is 10.9. The average molecular weight is 448 g/mol. The third-order valence-corrected chi connectivity index (χ3v) is 4.52. The van der Waals surface area contributed by atoms with Gasteiger partial charge in [-0.05, 0) is 50.1 Å². The van der Waals surface area contributed by atoms with Crippen molar-refractivity contribution in [3.63, 3.8) is 0 Å². The van der Waals surface area contributed by atoms with Crippen LogP contribution in [0.2, 0.25) is 0 Å². The molecule has 6 heteroatoms. The molecule has 0 spiro atoms. The molecule has 0 unspecified atom stereocenters. The summed E-state index contributed by atoms with van der Waals surface area (Å²) in [6.45, 7) is 5.83. The number of hydrogen-bond donors (Lipinski definition) is 1. The fraction of sp³-hybridized carbons (Fsp3) is 0.259. The molecule has 0 saturated carbocycles. The number of carbonyl (C=O) groups excluding carboxylic acids is 2. The lowest BCUT2D eigenvalue weighted by atomic mass is 10.1. The van der Waals surface area contributed by atoms with E-state index in [0.717, 1.165) is 11.1 Å². The van der Waals surface area contributed by atoms with Crippen molar-refractivity contribution >= 4 is 17.6 Å². The molecule has 6 nitrogen and oxygen atoms in total. The van der Waals surface area contributed by atoms with E-state index in [1.807, 2.05) is 60.7 Å². The zero-order chi connectivity index (χ0) is 23.7. The Bertz CT molecular complexity index is 1060. The molecule has 3 aromatic rings. The van der Waals surface area contributed by atoms with Gasteiger partial charge in [-0.25, -0.2) is 4.79 Å². The molecule has 0 aromatic heterocycles. The number of ether oxygens (including phenoxy) is 3. The Morgan fingerprint density at radius 2 is 1.42 bits per heavy atom. The Hall–Kier alpha value is -3.80. The standard InChI is InChI=1S/C27H29NO5/c1-27(2,3)33-25(29)17-28-24-15-14-22(31-18-20-10-6-4-7-11-20)16-23(24)26(30)32-19-21-12-8-5-9-13-21/h4-16,28H,17-19H2,1-3H3. The highest BCUT2D eigenvalue weighted by atomic mass is 16.6. The zero-order valence-corrected chi connectivity index (χ0v) is 19.2. The first-order valence-electron chi connectivity index (χ1n) is 10.8. The molecular formula is C27H29NO5. The van der Waals surface area contributed by atoms with E-state index < -0.39 is 17.5 Å². The van der Waals surface area contributed by atoms with Crippen LogP contribution in [-0.2, 0) is 27.5 Å². The Balaban J connectivity index is 1.73. The van der Waals surface area contributed by atoms with Gasteiger partial charge in [-0.3, -0.25) is 4.79 Å². The Morgan fingerprint density at radius 3 is 2.03 bits per heavy atom. The van der Waals surface area contributed by atoms with E-state index in [1.165, 1.54) is 0 Å². The van der Waals surface area contributed by atoms with Gasteiger partial charge >= 0.3 is 11.9 Å². The van der Waals surface area contributed by atoms with Crippen molar-refractivity contribution in [3.8, 4) is 5.75 Å². The van der Waals surface area contributed by atoms with Gasteiger partial charge in [0.2, 0.25) is 0 Å². The van der Waals surface area contributed by atoms with Crippen molar-refractivity contribution in [3.05, 3.63) is 95.6 Å². The quantitative estimate of drug-likeness (QED) is 0.444. The lowest BCUT2D eigenvalue weighted by Crippen LogP contribution is -2.28. The number of rotatable bonds is 9. The molecule has 3 rings (SSSR count). The van der Waals surface area contributed by atoms with E-state index in [-0.39, 0.29) is 18.7 Å². The van der Waals surface area contributed by atoms with Crippen LogP contribution in [-0.4, -0.2) is 24.1 Å². The van der Waals surface area contributed by atoms with Crippen LogP contribution in [0.1, 0.15) is 42.3 Å². The van der Waals surface area contributed by atoms with E-state index in [2.05, 4.69) is 5.32 Å². The van der Waals surface area contributed by atoms with Crippen LogP contribution in [0.25, 0.3) is 0 Å². The molecule has 3 aromatic carbocycles. The maximum absolute atomic E-state index is 12.9. The molecule has 33 heavy (non-hydrogen) atoms. The topological polar surface area (TPSA) is 73.9 Å². The van der Waals surface area contributed by atoms with Gasteiger partial charge in [0.15, 0.2) is 0 Å². The molecule has 0 heterocycles. The maximum atomic E-state index is 12.9. The molecule has 0 bridgehead atoms. The third kappa shape index (κ3) is 8.00. The van der Waals surface area contributed by atoms with Gasteiger partial charge in [0.05, 0.1) is 5.56 Å². The number of hydrogen-bond acceptors (Lipinski definition) is 6. The van der Waals surface area contributed by atoms with Crippen molar-refractivity contribution in [2.45, 2.75) is 39.6 Å². The van der Waals surface area contributed by atoms with Crippen LogP contribution in [0.3, 0.4) is 0 Å². The molecular weight excluding hydrogens is 418 g/mol. The van der Waals surface area contributed by atoms with E-state index in [4.69, 9.17) is 14.2 Å². The minimum absolute atomic E-state index is 0.0829. The van der Waals surface area contributed by atoms with E-state index >= 15 is 0 Å². The number of anilines is 1. The van der Waals surface area contributed by atoms with Gasteiger partial charge in [-0.1, -0.05) is 60.7 Å². The van der Waals surface area contributed by atoms with E-state index in [0.29, 0.717) is 18.0 Å². The van der Waals surface area contributed by atoms with Crippen molar-refractivity contribution in [1.29, 1.82) is 0 Å². The van der Waals surface area contributed by atoms with Crippen LogP contribution in [0, 0.1) is 0 Å². The van der Waals surface area contributed by atoms with Crippen LogP contribution in [0.4, 0.5) is 5.69 Å². The summed E-state index contributed by atoms with van der Waals surface area (Å²) in [5.74, 6) is -0.417. The van der Waals surface area contributed by atoms with Gasteiger partial charge in [-0.2, -0.15) is 0 Å². The molecule has 0 fully saturated rings. The second-order valence-corrected chi connectivity index (χ2v) is 8.48. The van der Waals surface area contributed by atoms with Crippen molar-refractivity contribution in [2.24, 2.45) is 0 Å². The molecule has 172 valence electrons. The van der Waals surface area contributed by atoms with Gasteiger partial charge in [-0.15, -0.1) is 0 Å². The fourth-order valence-electron chi connectivity index (χ4n) is 3.02. The predicted octanol–water partition coefficient (Wildman–Crippen LogP) is 5.38. The highest BCUT2D eigenvalue weighted by Crippen LogP contribution is 2.24. The first-order chi connectivity index (χ1) is 15.8. The van der Waals surface area contributed by atoms with Gasteiger partial charge in [0.25, 0.3) is 0 Å². The minimum atomic E-state index is -0.592. The largest absolute Gasteiger partial charge is 0.489 e. The number of esters is 2. The van der Waals surface area contributed by atoms with Crippen molar-refractivity contribution < 1.29 is 23.8 Å². The van der Waals surface area contributed by atoms with Crippen molar-refractivity contribution in [1.82, 2.24) is 0 Å². The Labute approximate surface area is 194 Å². The molecule has 0 atom stereocenters. The second kappa shape index (κ2) is 11.2. The lowest BCUT2D eigenvalue weighted by Gasteiger charge is -2.20. The molecule has 0 saturated heterocycles. The Kier molecular flexibility index (Phi) is 8.08. The first-order valence-corrected chi connectivity index (χ1v) is 10.8. The maximum Gasteiger partial charge on any atom is 0.340 e. The highest BCUT2D eigenvalue weighted by Gasteiger charge is 2.19. The summed E-state index contributed by atoms with van der Waals surface area (Å²) in [6.07, 6.45) is 0. The molecule has 0 aliphatic heterocycles. The number of carbonyl (C=O) groups is 2. The summed E-state index contributed by atoms with van der Waals surface area (Å²) in [6, 6.07) is 24.2. The van der Waals surface area contributed by atoms with Crippen LogP contribution in [0.5, 0.6) is 5.75 Å². The zero-order valence-electron chi connectivity index (χ0n) is 19.2. The molecule has 0 aliphatic rings. The van der Waals surface area contributed by atoms with Crippen molar-refractivity contribution in [2.75, 3.05) is 11.9 Å². The summed E-state index contributed by atoms with van der Waals surface area (Å²) in [4.78, 5) is 25.0. The lowest BCUT2D eigenvalue weighted by molar-refractivity contribution is -0.152. The van der Waals surface area contributed by atoms with Gasteiger partial charge in [0.1, 0.15) is 31.1 Å². The fourth-order valence-corrected chi connectivity index (χ4v) is 3.02. The average Bonchev–Trinajstić information content (AvgIpc) is 2.80. The molecule has 0 radical (unpaired) electrons. The molecule has 1 N–H and O–H groups in total. The smallest absolute Gasteiger partial charge is 0.340 e. The summed E-state index contributed by atoms with van der Waals surface area (Å²) in [7, 11) is 0. The van der Waals surface area contributed by atoms with Gasteiger partial charge in [0, 0.05) is 5.69 Å². The first kappa shape index (κ1) is 23.9. The summed E-state index contributed by atoms with van der Waals surface area (Å²) in [5, 5.41) is 2.98.